The van der Waals surface area contributed by atoms with Crippen LogP contribution in [0.2, 0.25) is 10.0 Å². The van der Waals surface area contributed by atoms with E-state index in [0.717, 1.165) is 6.07 Å². The van der Waals surface area contributed by atoms with Gasteiger partial charge in [-0.1, -0.05) is 35.3 Å². The molecule has 0 atom stereocenters. The zero-order valence-electron chi connectivity index (χ0n) is 10.5. The molecule has 20 heavy (non-hydrogen) atoms. The summed E-state index contributed by atoms with van der Waals surface area (Å²) < 4.78 is 27.5. The summed E-state index contributed by atoms with van der Waals surface area (Å²) in [7, 11) is 0. The van der Waals surface area contributed by atoms with Gasteiger partial charge in [0.05, 0.1) is 15.6 Å². The van der Waals surface area contributed by atoms with Crippen LogP contribution in [0, 0.1) is 18.6 Å². The van der Waals surface area contributed by atoms with Crippen molar-refractivity contribution in [1.82, 2.24) is 0 Å². The van der Waals surface area contributed by atoms with E-state index < -0.39 is 23.0 Å². The lowest BCUT2D eigenvalue weighted by atomic mass is 10.0. The standard InChI is InChI=1S/C15H10Cl2F2O/c1-8-2-5-12(18)14(15(8)19)13(20)7-9-3-4-10(16)11(17)6-9/h2-6H,7H2,1H3. The molecule has 0 N–H and O–H groups in total. The average molecular weight is 315 g/mol. The number of carbonyl (C=O) groups excluding carboxylic acids is 1. The summed E-state index contributed by atoms with van der Waals surface area (Å²) in [4.78, 5) is 12.0. The molecular formula is C15H10Cl2F2O. The van der Waals surface area contributed by atoms with E-state index >= 15 is 0 Å². The zero-order chi connectivity index (χ0) is 14.9. The van der Waals surface area contributed by atoms with Gasteiger partial charge in [-0.25, -0.2) is 8.78 Å². The molecule has 104 valence electrons. The maximum Gasteiger partial charge on any atom is 0.173 e. The average Bonchev–Trinajstić information content (AvgIpc) is 2.39. The Kier molecular flexibility index (Phi) is 4.41. The number of Topliss-reactive ketones (excluding diaryl/α,β-unsaturated/α-hetero) is 1. The van der Waals surface area contributed by atoms with Crippen LogP contribution in [0.25, 0.3) is 0 Å². The second-order valence-electron chi connectivity index (χ2n) is 4.40. The lowest BCUT2D eigenvalue weighted by molar-refractivity contribution is 0.0984. The number of hydrogen-bond donors (Lipinski definition) is 0. The van der Waals surface area contributed by atoms with E-state index in [0.29, 0.717) is 15.6 Å². The number of carbonyl (C=O) groups is 1. The van der Waals surface area contributed by atoms with E-state index in [1.165, 1.54) is 25.1 Å². The number of aryl methyl sites for hydroxylation is 1. The van der Waals surface area contributed by atoms with E-state index in [1.54, 1.807) is 6.07 Å². The number of halogens is 4. The van der Waals surface area contributed by atoms with Crippen molar-refractivity contribution < 1.29 is 13.6 Å². The van der Waals surface area contributed by atoms with E-state index in [2.05, 4.69) is 0 Å². The molecule has 0 saturated carbocycles. The van der Waals surface area contributed by atoms with Gasteiger partial charge in [-0.15, -0.1) is 0 Å². The molecule has 0 heterocycles. The number of ketones is 1. The summed E-state index contributed by atoms with van der Waals surface area (Å²) in [5.41, 5.74) is 0.254. The van der Waals surface area contributed by atoms with Gasteiger partial charge in [-0.3, -0.25) is 4.79 Å². The Morgan fingerprint density at radius 3 is 2.45 bits per heavy atom. The van der Waals surface area contributed by atoms with Crippen molar-refractivity contribution in [3.63, 3.8) is 0 Å². The fourth-order valence-electron chi connectivity index (χ4n) is 1.84. The summed E-state index contributed by atoms with van der Waals surface area (Å²) in [6.45, 7) is 1.48. The van der Waals surface area contributed by atoms with Gasteiger partial charge >= 0.3 is 0 Å². The van der Waals surface area contributed by atoms with Crippen molar-refractivity contribution in [2.45, 2.75) is 13.3 Å². The molecule has 0 aliphatic carbocycles. The molecular weight excluding hydrogens is 305 g/mol. The highest BCUT2D eigenvalue weighted by molar-refractivity contribution is 6.42. The van der Waals surface area contributed by atoms with E-state index in [-0.39, 0.29) is 12.0 Å². The van der Waals surface area contributed by atoms with Crippen LogP contribution in [0.15, 0.2) is 30.3 Å². The Hall–Kier alpha value is -1.45. The quantitative estimate of drug-likeness (QED) is 0.728. The number of benzene rings is 2. The normalized spacial score (nSPS) is 10.7. The van der Waals surface area contributed by atoms with Gasteiger partial charge in [0.25, 0.3) is 0 Å². The fraction of sp³-hybridized carbons (Fsp3) is 0.133. The molecule has 2 aromatic rings. The third-order valence-electron chi connectivity index (χ3n) is 2.91. The molecule has 1 nitrogen and oxygen atoms in total. The van der Waals surface area contributed by atoms with Crippen molar-refractivity contribution in [3.8, 4) is 0 Å². The smallest absolute Gasteiger partial charge is 0.173 e. The first-order valence-electron chi connectivity index (χ1n) is 5.82. The first kappa shape index (κ1) is 14.9. The molecule has 0 bridgehead atoms. The highest BCUT2D eigenvalue weighted by atomic mass is 35.5. The minimum absolute atomic E-state index is 0.145. The minimum atomic E-state index is -0.863. The third-order valence-corrected chi connectivity index (χ3v) is 3.65. The second kappa shape index (κ2) is 5.90. The topological polar surface area (TPSA) is 17.1 Å². The van der Waals surface area contributed by atoms with Gasteiger partial charge in [0.1, 0.15) is 11.6 Å². The summed E-state index contributed by atoms with van der Waals surface area (Å²) >= 11 is 11.6. The molecule has 0 fully saturated rings. The highest BCUT2D eigenvalue weighted by Crippen LogP contribution is 2.24. The third kappa shape index (κ3) is 3.00. The first-order valence-corrected chi connectivity index (χ1v) is 6.57. The molecule has 2 aromatic carbocycles. The van der Waals surface area contributed by atoms with E-state index in [4.69, 9.17) is 23.2 Å². The first-order chi connectivity index (χ1) is 9.40. The summed E-state index contributed by atoms with van der Waals surface area (Å²) in [6, 6.07) is 7.02. The SMILES string of the molecule is Cc1ccc(F)c(C(=O)Cc2ccc(Cl)c(Cl)c2)c1F. The number of hydrogen-bond acceptors (Lipinski definition) is 1. The monoisotopic (exact) mass is 314 g/mol. The van der Waals surface area contributed by atoms with Crippen molar-refractivity contribution >= 4 is 29.0 Å². The Bertz CT molecular complexity index is 684. The molecule has 0 unspecified atom stereocenters. The molecule has 0 aromatic heterocycles. The Morgan fingerprint density at radius 2 is 1.80 bits per heavy atom. The summed E-state index contributed by atoms with van der Waals surface area (Å²) in [6.07, 6.45) is -0.145. The summed E-state index contributed by atoms with van der Waals surface area (Å²) in [5.74, 6) is -2.32. The maximum absolute atomic E-state index is 13.9. The Morgan fingerprint density at radius 1 is 1.10 bits per heavy atom. The van der Waals surface area contributed by atoms with Gasteiger partial charge in [0.2, 0.25) is 0 Å². The van der Waals surface area contributed by atoms with Crippen LogP contribution in [-0.4, -0.2) is 5.78 Å². The molecule has 0 radical (unpaired) electrons. The predicted octanol–water partition coefficient (Wildman–Crippen LogP) is 5.01. The van der Waals surface area contributed by atoms with Gasteiger partial charge in [0, 0.05) is 6.42 Å². The second-order valence-corrected chi connectivity index (χ2v) is 5.22. The number of rotatable bonds is 3. The fourth-order valence-corrected chi connectivity index (χ4v) is 2.16. The maximum atomic E-state index is 13.9. The van der Waals surface area contributed by atoms with Gasteiger partial charge in [-0.05, 0) is 36.2 Å². The van der Waals surface area contributed by atoms with Crippen LogP contribution in [0.3, 0.4) is 0 Å². The van der Waals surface area contributed by atoms with E-state index in [1.807, 2.05) is 0 Å². The molecule has 0 saturated heterocycles. The van der Waals surface area contributed by atoms with Gasteiger partial charge in [0.15, 0.2) is 5.78 Å². The predicted molar refractivity (Wildman–Crippen MR) is 75.6 cm³/mol. The van der Waals surface area contributed by atoms with Gasteiger partial charge in [-0.2, -0.15) is 0 Å². The van der Waals surface area contributed by atoms with Crippen molar-refractivity contribution in [3.05, 3.63) is 68.7 Å². The molecule has 0 aliphatic rings. The van der Waals surface area contributed by atoms with Crippen molar-refractivity contribution in [1.29, 1.82) is 0 Å². The van der Waals surface area contributed by atoms with Gasteiger partial charge < -0.3 is 0 Å². The van der Waals surface area contributed by atoms with Crippen LogP contribution in [0.4, 0.5) is 8.78 Å². The van der Waals surface area contributed by atoms with Crippen LogP contribution >= 0.6 is 23.2 Å². The zero-order valence-corrected chi connectivity index (χ0v) is 12.0. The molecule has 0 aliphatic heterocycles. The van der Waals surface area contributed by atoms with Crippen LogP contribution in [0.5, 0.6) is 0 Å². The highest BCUT2D eigenvalue weighted by Gasteiger charge is 2.19. The van der Waals surface area contributed by atoms with Crippen LogP contribution in [0.1, 0.15) is 21.5 Å². The van der Waals surface area contributed by atoms with E-state index in [9.17, 15) is 13.6 Å². The molecule has 0 spiro atoms. The summed E-state index contributed by atoms with van der Waals surface area (Å²) in [5, 5.41) is 0.651. The lowest BCUT2D eigenvalue weighted by Gasteiger charge is -2.07. The molecule has 5 heteroatoms. The van der Waals surface area contributed by atoms with Crippen molar-refractivity contribution in [2.75, 3.05) is 0 Å². The lowest BCUT2D eigenvalue weighted by Crippen LogP contribution is -2.10. The molecule has 2 rings (SSSR count). The molecule has 0 amide bonds. The largest absolute Gasteiger partial charge is 0.294 e. The Balaban J connectivity index is 2.33. The van der Waals surface area contributed by atoms with Crippen LogP contribution < -0.4 is 0 Å². The minimum Gasteiger partial charge on any atom is -0.294 e. The Labute approximate surface area is 125 Å². The van der Waals surface area contributed by atoms with Crippen molar-refractivity contribution in [2.24, 2.45) is 0 Å². The van der Waals surface area contributed by atoms with Crippen LogP contribution in [-0.2, 0) is 6.42 Å².